The molecule has 0 bridgehead atoms. The molecule has 1 rings (SSSR count). The molecular weight excluding hydrogens is 350 g/mol. The minimum Gasteiger partial charge on any atom is -0.480 e. The molecule has 160 valence electrons. The number of para-hydroxylation sites is 1. The highest BCUT2D eigenvalue weighted by Gasteiger charge is 2.41. The number of carbonyl (C=O) groups is 1. The van der Waals surface area contributed by atoms with E-state index in [1.54, 1.807) is 12.1 Å². The number of aliphatic hydroxyl groups is 1. The Labute approximate surface area is 171 Å². The fraction of sp³-hybridized carbons (Fsp3) is 0.708. The largest absolute Gasteiger partial charge is 0.480 e. The second-order valence-corrected chi connectivity index (χ2v) is 8.98. The average molecular weight is 392 g/mol. The molecule has 0 aliphatic heterocycles. The van der Waals surface area contributed by atoms with Gasteiger partial charge >= 0.3 is 0 Å². The third kappa shape index (κ3) is 9.09. The summed E-state index contributed by atoms with van der Waals surface area (Å²) in [5.41, 5.74) is 5.37. The van der Waals surface area contributed by atoms with Crippen molar-refractivity contribution in [3.05, 3.63) is 30.3 Å². The first kappa shape index (κ1) is 24.5. The predicted molar refractivity (Wildman–Crippen MR) is 116 cm³/mol. The fourth-order valence-electron chi connectivity index (χ4n) is 3.85. The Bertz CT molecular complexity index is 539. The summed E-state index contributed by atoms with van der Waals surface area (Å²) in [7, 11) is 0. The zero-order valence-corrected chi connectivity index (χ0v) is 18.3. The first-order valence-electron chi connectivity index (χ1n) is 11.0. The van der Waals surface area contributed by atoms with Crippen molar-refractivity contribution in [2.75, 3.05) is 0 Å². The normalized spacial score (nSPS) is 15.0. The molecule has 1 amide bonds. The number of hydrogen-bond donors (Lipinski definition) is 2. The Morgan fingerprint density at radius 3 is 2.04 bits per heavy atom. The van der Waals surface area contributed by atoms with E-state index < -0.39 is 18.1 Å². The van der Waals surface area contributed by atoms with Gasteiger partial charge < -0.3 is 15.6 Å². The van der Waals surface area contributed by atoms with Gasteiger partial charge in [0.2, 0.25) is 0 Å². The molecule has 0 spiro atoms. The van der Waals surface area contributed by atoms with Crippen molar-refractivity contribution >= 4 is 5.91 Å². The van der Waals surface area contributed by atoms with Crippen LogP contribution in [-0.4, -0.2) is 23.2 Å². The first-order chi connectivity index (χ1) is 13.3. The van der Waals surface area contributed by atoms with Crippen LogP contribution in [0.3, 0.4) is 0 Å². The molecule has 3 unspecified atom stereocenters. The Morgan fingerprint density at radius 1 is 1.00 bits per heavy atom. The zero-order chi connectivity index (χ0) is 21.0. The van der Waals surface area contributed by atoms with Crippen LogP contribution in [0.15, 0.2) is 30.3 Å². The summed E-state index contributed by atoms with van der Waals surface area (Å²) in [6, 6.07) is 9.22. The van der Waals surface area contributed by atoms with Gasteiger partial charge in [0, 0.05) is 5.92 Å². The monoisotopic (exact) mass is 391 g/mol. The SMILES string of the molecule is CCCCCCCCCCC(O)C(C(Oc1ccccc1)C(N)=O)C(C)(C)C. The Balaban J connectivity index is 2.63. The third-order valence-corrected chi connectivity index (χ3v) is 5.38. The Hall–Kier alpha value is -1.55. The van der Waals surface area contributed by atoms with Gasteiger partial charge in [0.05, 0.1) is 6.10 Å². The number of benzene rings is 1. The number of amides is 1. The van der Waals surface area contributed by atoms with Crippen LogP contribution in [0, 0.1) is 11.3 Å². The van der Waals surface area contributed by atoms with Crippen LogP contribution in [0.1, 0.15) is 85.5 Å². The maximum absolute atomic E-state index is 12.2. The van der Waals surface area contributed by atoms with E-state index in [0.29, 0.717) is 12.2 Å². The minimum absolute atomic E-state index is 0.311. The summed E-state index contributed by atoms with van der Waals surface area (Å²) in [5.74, 6) is -0.298. The lowest BCUT2D eigenvalue weighted by atomic mass is 9.72. The lowest BCUT2D eigenvalue weighted by Crippen LogP contribution is -2.50. The van der Waals surface area contributed by atoms with Crippen molar-refractivity contribution in [3.8, 4) is 5.75 Å². The maximum Gasteiger partial charge on any atom is 0.258 e. The summed E-state index contributed by atoms with van der Waals surface area (Å²) in [6.07, 6.45) is 8.94. The Kier molecular flexibility index (Phi) is 11.2. The maximum atomic E-state index is 12.2. The van der Waals surface area contributed by atoms with Crippen LogP contribution in [0.2, 0.25) is 0 Å². The Morgan fingerprint density at radius 2 is 1.54 bits per heavy atom. The molecule has 0 saturated carbocycles. The molecule has 0 aliphatic rings. The van der Waals surface area contributed by atoms with Crippen molar-refractivity contribution in [2.45, 2.75) is 97.7 Å². The molecule has 4 heteroatoms. The molecule has 1 aromatic carbocycles. The van der Waals surface area contributed by atoms with Crippen LogP contribution < -0.4 is 10.5 Å². The molecule has 28 heavy (non-hydrogen) atoms. The molecule has 0 aliphatic carbocycles. The van der Waals surface area contributed by atoms with Gasteiger partial charge in [0.1, 0.15) is 5.75 Å². The summed E-state index contributed by atoms with van der Waals surface area (Å²) in [6.45, 7) is 8.31. The lowest BCUT2D eigenvalue weighted by molar-refractivity contribution is -0.134. The highest BCUT2D eigenvalue weighted by Crippen LogP contribution is 2.35. The number of rotatable bonds is 14. The smallest absolute Gasteiger partial charge is 0.258 e. The van der Waals surface area contributed by atoms with E-state index in [0.717, 1.165) is 12.8 Å². The highest BCUT2D eigenvalue weighted by molar-refractivity contribution is 5.79. The zero-order valence-electron chi connectivity index (χ0n) is 18.3. The molecule has 0 aromatic heterocycles. The number of hydrogen-bond acceptors (Lipinski definition) is 3. The van der Waals surface area contributed by atoms with Crippen molar-refractivity contribution in [3.63, 3.8) is 0 Å². The summed E-state index contributed by atoms with van der Waals surface area (Å²) in [4.78, 5) is 12.2. The summed E-state index contributed by atoms with van der Waals surface area (Å²) < 4.78 is 5.93. The lowest BCUT2D eigenvalue weighted by Gasteiger charge is -2.38. The van der Waals surface area contributed by atoms with Gasteiger partial charge in [-0.05, 0) is 24.0 Å². The van der Waals surface area contributed by atoms with Crippen LogP contribution >= 0.6 is 0 Å². The molecule has 0 fully saturated rings. The molecule has 4 nitrogen and oxygen atoms in total. The minimum atomic E-state index is -0.855. The van der Waals surface area contributed by atoms with Crippen molar-refractivity contribution in [1.29, 1.82) is 0 Å². The van der Waals surface area contributed by atoms with Gasteiger partial charge in [-0.25, -0.2) is 0 Å². The quantitative estimate of drug-likeness (QED) is 0.413. The molecular formula is C24H41NO3. The molecule has 0 heterocycles. The molecule has 0 radical (unpaired) electrons. The summed E-state index contributed by atoms with van der Waals surface area (Å²) in [5, 5.41) is 10.9. The summed E-state index contributed by atoms with van der Waals surface area (Å²) >= 11 is 0. The second kappa shape index (κ2) is 12.8. The standard InChI is InChI=1S/C24H41NO3/c1-5-6-7-8-9-10-11-15-18-20(26)21(24(2,3)4)22(23(25)27)28-19-16-13-12-14-17-19/h12-14,16-17,20-22,26H,5-11,15,18H2,1-4H3,(H2,25,27). The van der Waals surface area contributed by atoms with Crippen LogP contribution in [0.5, 0.6) is 5.75 Å². The first-order valence-corrected chi connectivity index (χ1v) is 11.0. The van der Waals surface area contributed by atoms with Crippen LogP contribution in [0.25, 0.3) is 0 Å². The van der Waals surface area contributed by atoms with Crippen molar-refractivity contribution in [2.24, 2.45) is 17.1 Å². The fourth-order valence-corrected chi connectivity index (χ4v) is 3.85. The van der Waals surface area contributed by atoms with E-state index in [-0.39, 0.29) is 11.3 Å². The van der Waals surface area contributed by atoms with E-state index >= 15 is 0 Å². The number of nitrogens with two attached hydrogens (primary N) is 1. The number of unbranched alkanes of at least 4 members (excludes halogenated alkanes) is 7. The molecule has 1 aromatic rings. The number of aliphatic hydroxyl groups excluding tert-OH is 1. The van der Waals surface area contributed by atoms with Gasteiger partial charge in [-0.15, -0.1) is 0 Å². The molecule has 3 N–H and O–H groups in total. The van der Waals surface area contributed by atoms with Crippen molar-refractivity contribution in [1.82, 2.24) is 0 Å². The molecule has 3 atom stereocenters. The topological polar surface area (TPSA) is 72.6 Å². The van der Waals surface area contributed by atoms with E-state index in [2.05, 4.69) is 6.92 Å². The number of ether oxygens (including phenoxy) is 1. The van der Waals surface area contributed by atoms with Gasteiger partial charge in [-0.2, -0.15) is 0 Å². The number of carbonyl (C=O) groups excluding carboxylic acids is 1. The predicted octanol–water partition coefficient (Wildman–Crippen LogP) is 5.47. The van der Waals surface area contributed by atoms with E-state index in [1.165, 1.54) is 38.5 Å². The van der Waals surface area contributed by atoms with E-state index in [1.807, 2.05) is 39.0 Å². The van der Waals surface area contributed by atoms with Crippen LogP contribution in [0.4, 0.5) is 0 Å². The second-order valence-electron chi connectivity index (χ2n) is 8.98. The van der Waals surface area contributed by atoms with Gasteiger partial charge in [0.15, 0.2) is 6.10 Å². The number of primary amides is 1. The molecule has 0 saturated heterocycles. The van der Waals surface area contributed by atoms with Gasteiger partial charge in [0.25, 0.3) is 5.91 Å². The van der Waals surface area contributed by atoms with E-state index in [9.17, 15) is 9.90 Å². The highest BCUT2D eigenvalue weighted by atomic mass is 16.5. The van der Waals surface area contributed by atoms with E-state index in [4.69, 9.17) is 10.5 Å². The van der Waals surface area contributed by atoms with Crippen molar-refractivity contribution < 1.29 is 14.6 Å². The van der Waals surface area contributed by atoms with Crippen LogP contribution in [-0.2, 0) is 4.79 Å². The third-order valence-electron chi connectivity index (χ3n) is 5.38. The average Bonchev–Trinajstić information content (AvgIpc) is 2.63. The van der Waals surface area contributed by atoms with Gasteiger partial charge in [-0.3, -0.25) is 4.79 Å². The van der Waals surface area contributed by atoms with Gasteiger partial charge in [-0.1, -0.05) is 97.3 Å².